The number of fused-ring (bicyclic) bond motifs is 2. The quantitative estimate of drug-likeness (QED) is 0.694. The molecule has 118 valence electrons. The van der Waals surface area contributed by atoms with Crippen LogP contribution in [0.1, 0.15) is 39.6 Å². The summed E-state index contributed by atoms with van der Waals surface area (Å²) >= 11 is 0. The number of Topliss-reactive ketones (excluding diaryl/α,β-unsaturated/α-hetero) is 1. The van der Waals surface area contributed by atoms with Crippen molar-refractivity contribution in [2.45, 2.75) is 25.2 Å². The molecule has 0 bridgehead atoms. The SMILES string of the molecule is Cn1c(C(C#N)C(=O)c2ccc3c(c2)CCC3)nc2ccccc21. The van der Waals surface area contributed by atoms with Crippen LogP contribution in [0, 0.1) is 11.3 Å². The fourth-order valence-corrected chi connectivity index (χ4v) is 3.55. The number of nitrogens with zero attached hydrogens (tertiary/aromatic N) is 3. The highest BCUT2D eigenvalue weighted by molar-refractivity contribution is 6.03. The fraction of sp³-hybridized carbons (Fsp3) is 0.250. The largest absolute Gasteiger partial charge is 0.330 e. The first-order valence-electron chi connectivity index (χ1n) is 8.16. The third-order valence-corrected chi connectivity index (χ3v) is 4.85. The number of aromatic nitrogens is 2. The van der Waals surface area contributed by atoms with Crippen molar-refractivity contribution in [2.75, 3.05) is 0 Å². The van der Waals surface area contributed by atoms with Crippen LogP contribution in [0.5, 0.6) is 0 Å². The van der Waals surface area contributed by atoms with Crippen LogP contribution in [0.2, 0.25) is 0 Å². The second-order valence-electron chi connectivity index (χ2n) is 6.28. The van der Waals surface area contributed by atoms with Crippen LogP contribution < -0.4 is 0 Å². The molecule has 2 aromatic carbocycles. The van der Waals surface area contributed by atoms with Gasteiger partial charge in [0.1, 0.15) is 5.82 Å². The van der Waals surface area contributed by atoms with E-state index in [1.807, 2.05) is 54.1 Å². The molecule has 0 spiro atoms. The van der Waals surface area contributed by atoms with E-state index in [9.17, 15) is 10.1 Å². The topological polar surface area (TPSA) is 58.7 Å². The Morgan fingerprint density at radius 1 is 1.21 bits per heavy atom. The molecule has 0 saturated carbocycles. The van der Waals surface area contributed by atoms with E-state index in [4.69, 9.17) is 0 Å². The molecule has 0 saturated heterocycles. The molecule has 1 unspecified atom stereocenters. The summed E-state index contributed by atoms with van der Waals surface area (Å²) in [5.74, 6) is -0.559. The number of carbonyl (C=O) groups is 1. The van der Waals surface area contributed by atoms with E-state index in [-0.39, 0.29) is 5.78 Å². The van der Waals surface area contributed by atoms with Crippen molar-refractivity contribution in [1.29, 1.82) is 5.26 Å². The number of nitriles is 1. The summed E-state index contributed by atoms with van der Waals surface area (Å²) < 4.78 is 1.84. The maximum atomic E-state index is 12.9. The summed E-state index contributed by atoms with van der Waals surface area (Å²) in [5, 5.41) is 9.63. The summed E-state index contributed by atoms with van der Waals surface area (Å²) in [6.45, 7) is 0. The van der Waals surface area contributed by atoms with Crippen LogP contribution in [0.25, 0.3) is 11.0 Å². The van der Waals surface area contributed by atoms with Gasteiger partial charge in [-0.05, 0) is 48.6 Å². The van der Waals surface area contributed by atoms with Gasteiger partial charge in [0.05, 0.1) is 17.1 Å². The molecule has 1 atom stereocenters. The van der Waals surface area contributed by atoms with Crippen LogP contribution in [0.15, 0.2) is 42.5 Å². The van der Waals surface area contributed by atoms with Crippen LogP contribution in [0.4, 0.5) is 0 Å². The van der Waals surface area contributed by atoms with E-state index < -0.39 is 5.92 Å². The molecule has 1 aliphatic carbocycles. The van der Waals surface area contributed by atoms with Crippen molar-refractivity contribution >= 4 is 16.8 Å². The Bertz CT molecular complexity index is 994. The van der Waals surface area contributed by atoms with Gasteiger partial charge in [0.15, 0.2) is 11.7 Å². The minimum atomic E-state index is -0.887. The molecule has 4 nitrogen and oxygen atoms in total. The monoisotopic (exact) mass is 315 g/mol. The molecular weight excluding hydrogens is 298 g/mol. The van der Waals surface area contributed by atoms with Gasteiger partial charge in [-0.3, -0.25) is 4.79 Å². The van der Waals surface area contributed by atoms with Gasteiger partial charge in [0, 0.05) is 12.6 Å². The lowest BCUT2D eigenvalue weighted by molar-refractivity contribution is 0.0975. The highest BCUT2D eigenvalue weighted by Crippen LogP contribution is 2.27. The molecular formula is C20H17N3O. The van der Waals surface area contributed by atoms with Crippen LogP contribution in [-0.4, -0.2) is 15.3 Å². The third kappa shape index (κ3) is 2.21. The normalized spacial score (nSPS) is 14.3. The Kier molecular flexibility index (Phi) is 3.42. The van der Waals surface area contributed by atoms with Crippen molar-refractivity contribution in [3.05, 3.63) is 65.0 Å². The molecule has 0 amide bonds. The first-order valence-corrected chi connectivity index (χ1v) is 8.16. The number of aryl methyl sites for hydroxylation is 3. The Balaban J connectivity index is 1.76. The molecule has 3 aromatic rings. The average Bonchev–Trinajstić information content (AvgIpc) is 3.20. The van der Waals surface area contributed by atoms with Crippen molar-refractivity contribution in [1.82, 2.24) is 9.55 Å². The summed E-state index contributed by atoms with van der Waals surface area (Å²) in [5.41, 5.74) is 4.89. The lowest BCUT2D eigenvalue weighted by Gasteiger charge is -2.10. The standard InChI is InChI=1S/C20H17N3O/c1-23-18-8-3-2-7-17(18)22-20(23)16(12-21)19(24)15-10-9-13-5-4-6-14(13)11-15/h2-3,7-11,16H,4-6H2,1H3. The predicted molar refractivity (Wildman–Crippen MR) is 91.9 cm³/mol. The smallest absolute Gasteiger partial charge is 0.187 e. The Labute approximate surface area is 140 Å². The number of hydrogen-bond acceptors (Lipinski definition) is 3. The first-order chi connectivity index (χ1) is 11.7. The van der Waals surface area contributed by atoms with Gasteiger partial charge < -0.3 is 4.57 Å². The van der Waals surface area contributed by atoms with Crippen LogP contribution in [-0.2, 0) is 19.9 Å². The number of imidazole rings is 1. The molecule has 1 aliphatic rings. The average molecular weight is 315 g/mol. The second kappa shape index (κ2) is 5.61. The van der Waals surface area contributed by atoms with Crippen molar-refractivity contribution in [3.8, 4) is 6.07 Å². The minimum Gasteiger partial charge on any atom is -0.330 e. The van der Waals surface area contributed by atoms with E-state index in [2.05, 4.69) is 11.1 Å². The molecule has 1 aromatic heterocycles. The summed E-state index contributed by atoms with van der Waals surface area (Å²) in [7, 11) is 1.85. The summed E-state index contributed by atoms with van der Waals surface area (Å²) in [6, 6.07) is 15.7. The Hall–Kier alpha value is -2.93. The molecule has 24 heavy (non-hydrogen) atoms. The van der Waals surface area contributed by atoms with Crippen molar-refractivity contribution < 1.29 is 4.79 Å². The van der Waals surface area contributed by atoms with Gasteiger partial charge in [-0.15, -0.1) is 0 Å². The third-order valence-electron chi connectivity index (χ3n) is 4.85. The number of ketones is 1. The molecule has 0 aliphatic heterocycles. The molecule has 4 heteroatoms. The van der Waals surface area contributed by atoms with Gasteiger partial charge in [0.25, 0.3) is 0 Å². The maximum absolute atomic E-state index is 12.9. The minimum absolute atomic E-state index is 0.175. The predicted octanol–water partition coefficient (Wildman–Crippen LogP) is 3.55. The molecule has 0 fully saturated rings. The summed E-state index contributed by atoms with van der Waals surface area (Å²) in [4.78, 5) is 17.5. The lowest BCUT2D eigenvalue weighted by Crippen LogP contribution is -2.16. The maximum Gasteiger partial charge on any atom is 0.187 e. The Morgan fingerprint density at radius 2 is 2.00 bits per heavy atom. The zero-order valence-corrected chi connectivity index (χ0v) is 13.5. The number of hydrogen-bond donors (Lipinski definition) is 0. The Morgan fingerprint density at radius 3 is 2.79 bits per heavy atom. The van der Waals surface area contributed by atoms with Gasteiger partial charge in [-0.25, -0.2) is 4.98 Å². The van der Waals surface area contributed by atoms with E-state index in [1.165, 1.54) is 11.1 Å². The lowest BCUT2D eigenvalue weighted by atomic mass is 9.95. The van der Waals surface area contributed by atoms with Gasteiger partial charge in [-0.1, -0.05) is 24.3 Å². The van der Waals surface area contributed by atoms with E-state index in [0.717, 1.165) is 30.3 Å². The number of rotatable bonds is 3. The molecule has 4 rings (SSSR count). The highest BCUT2D eigenvalue weighted by atomic mass is 16.1. The zero-order valence-electron chi connectivity index (χ0n) is 13.5. The summed E-state index contributed by atoms with van der Waals surface area (Å²) in [6.07, 6.45) is 3.23. The van der Waals surface area contributed by atoms with Crippen molar-refractivity contribution in [2.24, 2.45) is 7.05 Å². The van der Waals surface area contributed by atoms with Gasteiger partial charge in [-0.2, -0.15) is 5.26 Å². The van der Waals surface area contributed by atoms with Crippen molar-refractivity contribution in [3.63, 3.8) is 0 Å². The second-order valence-corrected chi connectivity index (χ2v) is 6.28. The molecule has 1 heterocycles. The number of benzene rings is 2. The number of para-hydroxylation sites is 2. The van der Waals surface area contributed by atoms with Crippen LogP contribution in [0.3, 0.4) is 0 Å². The molecule has 0 N–H and O–H groups in total. The molecule has 0 radical (unpaired) electrons. The van der Waals surface area contributed by atoms with E-state index in [0.29, 0.717) is 11.4 Å². The van der Waals surface area contributed by atoms with Gasteiger partial charge in [0.2, 0.25) is 0 Å². The van der Waals surface area contributed by atoms with E-state index in [1.54, 1.807) is 0 Å². The highest BCUT2D eigenvalue weighted by Gasteiger charge is 2.27. The van der Waals surface area contributed by atoms with Gasteiger partial charge >= 0.3 is 0 Å². The van der Waals surface area contributed by atoms with Crippen LogP contribution >= 0.6 is 0 Å². The zero-order chi connectivity index (χ0) is 16.7. The fourth-order valence-electron chi connectivity index (χ4n) is 3.55. The first kappa shape index (κ1) is 14.6. The number of carbonyl (C=O) groups excluding carboxylic acids is 1. The van der Waals surface area contributed by atoms with E-state index >= 15 is 0 Å².